The highest BCUT2D eigenvalue weighted by molar-refractivity contribution is 5.81. The molecule has 4 N–H and O–H groups in total. The van der Waals surface area contributed by atoms with Crippen LogP contribution in [0, 0.1) is 0 Å². The highest BCUT2D eigenvalue weighted by atomic mass is 16.3. The first-order valence-electron chi connectivity index (χ1n) is 4.46. The van der Waals surface area contributed by atoms with Gasteiger partial charge >= 0.3 is 0 Å². The van der Waals surface area contributed by atoms with Crippen LogP contribution < -0.4 is 5.73 Å². The smallest absolute Gasteiger partial charge is 0.239 e. The molecule has 0 saturated carbocycles. The summed E-state index contributed by atoms with van der Waals surface area (Å²) in [6.45, 7) is 2.20. The van der Waals surface area contributed by atoms with Crippen molar-refractivity contribution in [3.05, 3.63) is 0 Å². The fourth-order valence-electron chi connectivity index (χ4n) is 1.36. The first kappa shape index (κ1) is 10.4. The van der Waals surface area contributed by atoms with E-state index < -0.39 is 18.2 Å². The summed E-state index contributed by atoms with van der Waals surface area (Å²) in [6.07, 6.45) is -1.08. The van der Waals surface area contributed by atoms with E-state index in [4.69, 9.17) is 5.73 Å². The summed E-state index contributed by atoms with van der Waals surface area (Å²) in [5, 5.41) is 18.4. The molecule has 76 valence electrons. The monoisotopic (exact) mass is 188 g/mol. The number of likely N-dealkylation sites (tertiary alicyclic amines) is 1. The van der Waals surface area contributed by atoms with E-state index in [0.717, 1.165) is 0 Å². The molecule has 0 aromatic carbocycles. The lowest BCUT2D eigenvalue weighted by molar-refractivity contribution is -0.132. The Kier molecular flexibility index (Phi) is 3.24. The average Bonchev–Trinajstić information content (AvgIpc) is 2.44. The number of β-amino-alcohol motifs (C(OH)–C–C–N with tert-alkyl or cyclic N) is 2. The number of nitrogens with zero attached hydrogens (tertiary/aromatic N) is 1. The molecule has 1 rings (SSSR count). The molecule has 1 aliphatic rings. The zero-order chi connectivity index (χ0) is 10.0. The van der Waals surface area contributed by atoms with Crippen LogP contribution in [-0.4, -0.2) is 52.4 Å². The fourth-order valence-corrected chi connectivity index (χ4v) is 1.36. The molecule has 0 bridgehead atoms. The Morgan fingerprint density at radius 2 is 2.00 bits per heavy atom. The molecule has 3 atom stereocenters. The van der Waals surface area contributed by atoms with Gasteiger partial charge in [0.05, 0.1) is 18.2 Å². The minimum absolute atomic E-state index is 0.188. The van der Waals surface area contributed by atoms with E-state index in [2.05, 4.69) is 0 Å². The van der Waals surface area contributed by atoms with Crippen molar-refractivity contribution in [1.29, 1.82) is 0 Å². The quantitative estimate of drug-likeness (QED) is 0.481. The Labute approximate surface area is 77.1 Å². The summed E-state index contributed by atoms with van der Waals surface area (Å²) in [5.41, 5.74) is 5.53. The summed E-state index contributed by atoms with van der Waals surface area (Å²) in [4.78, 5) is 12.9. The van der Waals surface area contributed by atoms with Crippen molar-refractivity contribution >= 4 is 5.91 Å². The predicted molar refractivity (Wildman–Crippen MR) is 46.9 cm³/mol. The molecule has 0 aromatic heterocycles. The number of amides is 1. The maximum atomic E-state index is 11.4. The summed E-state index contributed by atoms with van der Waals surface area (Å²) < 4.78 is 0. The maximum Gasteiger partial charge on any atom is 0.239 e. The van der Waals surface area contributed by atoms with Gasteiger partial charge in [0.25, 0.3) is 0 Å². The molecule has 0 spiro atoms. The van der Waals surface area contributed by atoms with Crippen LogP contribution in [0.1, 0.15) is 13.3 Å². The normalized spacial score (nSPS) is 30.6. The van der Waals surface area contributed by atoms with Crippen molar-refractivity contribution in [3.63, 3.8) is 0 Å². The Hall–Kier alpha value is -0.650. The van der Waals surface area contributed by atoms with Crippen LogP contribution in [0.25, 0.3) is 0 Å². The zero-order valence-electron chi connectivity index (χ0n) is 7.68. The number of carbonyl (C=O) groups is 1. The predicted octanol–water partition coefficient (Wildman–Crippen LogP) is -1.71. The van der Waals surface area contributed by atoms with E-state index >= 15 is 0 Å². The summed E-state index contributed by atoms with van der Waals surface area (Å²) >= 11 is 0. The summed E-state index contributed by atoms with van der Waals surface area (Å²) in [7, 11) is 0. The maximum absolute atomic E-state index is 11.4. The second kappa shape index (κ2) is 4.04. The van der Waals surface area contributed by atoms with Gasteiger partial charge < -0.3 is 20.8 Å². The van der Waals surface area contributed by atoms with Crippen LogP contribution in [0.5, 0.6) is 0 Å². The SMILES string of the molecule is CCC(N)C(=O)N1C[C@@H](O)[C@@H](O)C1. The van der Waals surface area contributed by atoms with E-state index in [1.54, 1.807) is 0 Å². The van der Waals surface area contributed by atoms with Crippen molar-refractivity contribution < 1.29 is 15.0 Å². The molecule has 1 saturated heterocycles. The molecule has 1 heterocycles. The molecular formula is C8H16N2O3. The first-order valence-corrected chi connectivity index (χ1v) is 4.46. The second-order valence-corrected chi connectivity index (χ2v) is 3.39. The molecule has 1 amide bonds. The van der Waals surface area contributed by atoms with E-state index in [9.17, 15) is 15.0 Å². The van der Waals surface area contributed by atoms with Crippen molar-refractivity contribution in [2.75, 3.05) is 13.1 Å². The van der Waals surface area contributed by atoms with Crippen molar-refractivity contribution in [1.82, 2.24) is 4.90 Å². The van der Waals surface area contributed by atoms with Gasteiger partial charge in [-0.2, -0.15) is 0 Å². The Balaban J connectivity index is 2.50. The number of nitrogens with two attached hydrogens (primary N) is 1. The molecular weight excluding hydrogens is 172 g/mol. The standard InChI is InChI=1S/C8H16N2O3/c1-2-5(9)8(13)10-3-6(11)7(12)4-10/h5-7,11-12H,2-4,9H2,1H3/t5?,6-,7+. The topological polar surface area (TPSA) is 86.8 Å². The second-order valence-electron chi connectivity index (χ2n) is 3.39. The highest BCUT2D eigenvalue weighted by Gasteiger charge is 2.33. The first-order chi connectivity index (χ1) is 6.06. The van der Waals surface area contributed by atoms with Gasteiger partial charge in [-0.15, -0.1) is 0 Å². The molecule has 13 heavy (non-hydrogen) atoms. The van der Waals surface area contributed by atoms with Crippen LogP contribution in [-0.2, 0) is 4.79 Å². The lowest BCUT2D eigenvalue weighted by atomic mass is 10.2. The minimum atomic E-state index is -0.826. The molecule has 1 fully saturated rings. The molecule has 0 aromatic rings. The van der Waals surface area contributed by atoms with E-state index in [1.165, 1.54) is 4.90 Å². The van der Waals surface area contributed by atoms with Crippen LogP contribution in [0.4, 0.5) is 0 Å². The lowest BCUT2D eigenvalue weighted by Crippen LogP contribution is -2.42. The minimum Gasteiger partial charge on any atom is -0.388 e. The fraction of sp³-hybridized carbons (Fsp3) is 0.875. The average molecular weight is 188 g/mol. The van der Waals surface area contributed by atoms with E-state index in [0.29, 0.717) is 6.42 Å². The highest BCUT2D eigenvalue weighted by Crippen LogP contribution is 2.11. The Morgan fingerprint density at radius 1 is 1.54 bits per heavy atom. The van der Waals surface area contributed by atoms with E-state index in [1.807, 2.05) is 6.92 Å². The van der Waals surface area contributed by atoms with Crippen LogP contribution in [0.2, 0.25) is 0 Å². The summed E-state index contributed by atoms with van der Waals surface area (Å²) in [6, 6.07) is -0.516. The number of aliphatic hydroxyl groups excluding tert-OH is 2. The molecule has 0 aliphatic carbocycles. The van der Waals surface area contributed by atoms with E-state index in [-0.39, 0.29) is 19.0 Å². The van der Waals surface area contributed by atoms with Gasteiger partial charge in [0.15, 0.2) is 0 Å². The number of aliphatic hydroxyl groups is 2. The zero-order valence-corrected chi connectivity index (χ0v) is 7.68. The van der Waals surface area contributed by atoms with Gasteiger partial charge in [0.1, 0.15) is 0 Å². The molecule has 5 nitrogen and oxygen atoms in total. The van der Waals surface area contributed by atoms with Gasteiger partial charge in [-0.25, -0.2) is 0 Å². The van der Waals surface area contributed by atoms with Gasteiger partial charge in [0.2, 0.25) is 5.91 Å². The number of hydrogen-bond donors (Lipinski definition) is 3. The molecule has 1 unspecified atom stereocenters. The third-order valence-corrected chi connectivity index (χ3v) is 2.33. The third-order valence-electron chi connectivity index (χ3n) is 2.33. The van der Waals surface area contributed by atoms with Crippen molar-refractivity contribution in [2.24, 2.45) is 5.73 Å². The van der Waals surface area contributed by atoms with Gasteiger partial charge in [0, 0.05) is 13.1 Å². The van der Waals surface area contributed by atoms with Crippen molar-refractivity contribution in [2.45, 2.75) is 31.6 Å². The van der Waals surface area contributed by atoms with Gasteiger partial charge in [-0.05, 0) is 6.42 Å². The Morgan fingerprint density at radius 3 is 2.38 bits per heavy atom. The molecule has 0 radical (unpaired) electrons. The molecule has 1 aliphatic heterocycles. The van der Waals surface area contributed by atoms with Crippen molar-refractivity contribution in [3.8, 4) is 0 Å². The Bertz CT molecular complexity index is 188. The number of carbonyl (C=O) groups excluding carboxylic acids is 1. The van der Waals surface area contributed by atoms with Crippen LogP contribution in [0.3, 0.4) is 0 Å². The molecule has 5 heteroatoms. The lowest BCUT2D eigenvalue weighted by Gasteiger charge is -2.18. The van der Waals surface area contributed by atoms with Gasteiger partial charge in [-0.3, -0.25) is 4.79 Å². The third kappa shape index (κ3) is 2.18. The van der Waals surface area contributed by atoms with Gasteiger partial charge in [-0.1, -0.05) is 6.92 Å². The van der Waals surface area contributed by atoms with Crippen LogP contribution in [0.15, 0.2) is 0 Å². The number of rotatable bonds is 2. The number of hydrogen-bond acceptors (Lipinski definition) is 4. The summed E-state index contributed by atoms with van der Waals surface area (Å²) in [5.74, 6) is -0.196. The largest absolute Gasteiger partial charge is 0.388 e. The van der Waals surface area contributed by atoms with Crippen LogP contribution >= 0.6 is 0 Å².